The molecule has 0 N–H and O–H groups in total. The van der Waals surface area contributed by atoms with Crippen LogP contribution in [0.2, 0.25) is 0 Å². The van der Waals surface area contributed by atoms with E-state index < -0.39 is 0 Å². The molecule has 0 heteroatoms. The van der Waals surface area contributed by atoms with Gasteiger partial charge >= 0.3 is 0 Å². The lowest BCUT2D eigenvalue weighted by Gasteiger charge is -2.10. The first-order valence-corrected chi connectivity index (χ1v) is 9.52. The quantitative estimate of drug-likeness (QED) is 0.347. The summed E-state index contributed by atoms with van der Waals surface area (Å²) in [5.41, 5.74) is 2.84. The van der Waals surface area contributed by atoms with Crippen LogP contribution in [0.3, 0.4) is 0 Å². The predicted molar refractivity (Wildman–Crippen MR) is 116 cm³/mol. The smallest absolute Gasteiger partial charge is 0.0181 e. The first-order valence-electron chi connectivity index (χ1n) is 9.52. The molecular weight excluding hydrogens is 312 g/mol. The summed E-state index contributed by atoms with van der Waals surface area (Å²) in [5.74, 6) is 1.21. The molecule has 0 spiro atoms. The minimum Gasteiger partial charge on any atom is -0.0616 e. The van der Waals surface area contributed by atoms with Crippen molar-refractivity contribution < 1.29 is 0 Å². The van der Waals surface area contributed by atoms with Gasteiger partial charge in [0.15, 0.2) is 0 Å². The Balaban J connectivity index is 0.000000167. The maximum absolute atomic E-state index is 2.31. The molecule has 0 heterocycles. The minimum absolute atomic E-state index is 0.606. The number of hydrogen-bond donors (Lipinski definition) is 0. The Labute approximate surface area is 157 Å². The molecule has 0 aliphatic heterocycles. The van der Waals surface area contributed by atoms with Crippen molar-refractivity contribution in [3.05, 3.63) is 96.1 Å². The van der Waals surface area contributed by atoms with Crippen molar-refractivity contribution in [2.45, 2.75) is 39.5 Å². The van der Waals surface area contributed by atoms with E-state index in [1.54, 1.807) is 0 Å². The van der Waals surface area contributed by atoms with Crippen molar-refractivity contribution in [1.82, 2.24) is 0 Å². The fourth-order valence-corrected chi connectivity index (χ4v) is 3.13. The monoisotopic (exact) mass is 340 g/mol. The van der Waals surface area contributed by atoms with Crippen molar-refractivity contribution >= 4 is 21.5 Å². The van der Waals surface area contributed by atoms with Gasteiger partial charge in [-0.3, -0.25) is 0 Å². The summed E-state index contributed by atoms with van der Waals surface area (Å²) in [6.45, 7) is 8.96. The van der Waals surface area contributed by atoms with Gasteiger partial charge in [0.1, 0.15) is 0 Å². The molecule has 0 aromatic heterocycles. The van der Waals surface area contributed by atoms with E-state index in [2.05, 4.69) is 113 Å². The van der Waals surface area contributed by atoms with Crippen molar-refractivity contribution in [2.75, 3.05) is 0 Å². The molecular formula is C26H28. The maximum Gasteiger partial charge on any atom is -0.0181 e. The molecule has 0 bridgehead atoms. The van der Waals surface area contributed by atoms with E-state index in [4.69, 9.17) is 0 Å². The third-order valence-corrected chi connectivity index (χ3v) is 4.88. The standard InChI is InChI=1S/C16H20.C10H8/c1-11(2)13-5-7-16-10-14(12(3)4)6-8-15(16)9-13;1-2-6-10-8-4-3-7-9(10)5-1/h5-12H,1-4H3;1-8H. The van der Waals surface area contributed by atoms with Crippen LogP contribution in [-0.2, 0) is 0 Å². The zero-order valence-corrected chi connectivity index (χ0v) is 16.2. The van der Waals surface area contributed by atoms with Crippen LogP contribution in [0.5, 0.6) is 0 Å². The molecule has 0 saturated carbocycles. The van der Waals surface area contributed by atoms with Gasteiger partial charge in [-0.2, -0.15) is 0 Å². The molecule has 0 aliphatic rings. The number of fused-ring (bicyclic) bond motifs is 2. The highest BCUT2D eigenvalue weighted by Gasteiger charge is 2.03. The van der Waals surface area contributed by atoms with Crippen molar-refractivity contribution in [1.29, 1.82) is 0 Å². The summed E-state index contributed by atoms with van der Waals surface area (Å²) in [5, 5.41) is 5.33. The molecule has 0 saturated heterocycles. The summed E-state index contributed by atoms with van der Waals surface area (Å²) in [6.07, 6.45) is 0. The van der Waals surface area contributed by atoms with E-state index in [0.717, 1.165) is 0 Å². The SMILES string of the molecule is CC(C)c1ccc2cc(C(C)C)ccc2c1.c1ccc2ccccc2c1. The van der Waals surface area contributed by atoms with Crippen LogP contribution in [0.1, 0.15) is 50.7 Å². The van der Waals surface area contributed by atoms with Crippen molar-refractivity contribution in [2.24, 2.45) is 0 Å². The van der Waals surface area contributed by atoms with Gasteiger partial charge in [0.25, 0.3) is 0 Å². The van der Waals surface area contributed by atoms with E-state index in [1.165, 1.54) is 32.7 Å². The molecule has 0 nitrogen and oxygen atoms in total. The lowest BCUT2D eigenvalue weighted by atomic mass is 9.96. The summed E-state index contributed by atoms with van der Waals surface area (Å²) in [4.78, 5) is 0. The van der Waals surface area contributed by atoms with Gasteiger partial charge in [-0.25, -0.2) is 0 Å². The molecule has 0 atom stereocenters. The summed E-state index contributed by atoms with van der Waals surface area (Å²) in [7, 11) is 0. The van der Waals surface area contributed by atoms with Crippen LogP contribution in [0, 0.1) is 0 Å². The molecule has 0 amide bonds. The highest BCUT2D eigenvalue weighted by atomic mass is 14.1. The van der Waals surface area contributed by atoms with Crippen molar-refractivity contribution in [3.63, 3.8) is 0 Å². The number of rotatable bonds is 2. The van der Waals surface area contributed by atoms with Gasteiger partial charge < -0.3 is 0 Å². The van der Waals surface area contributed by atoms with Gasteiger partial charge in [0, 0.05) is 0 Å². The number of benzene rings is 4. The van der Waals surface area contributed by atoms with Crippen LogP contribution in [0.4, 0.5) is 0 Å². The molecule has 4 aromatic carbocycles. The second-order valence-corrected chi connectivity index (χ2v) is 7.52. The second kappa shape index (κ2) is 8.19. The predicted octanol–water partition coefficient (Wildman–Crippen LogP) is 7.93. The normalized spacial score (nSPS) is 11.0. The van der Waals surface area contributed by atoms with Gasteiger partial charge in [0.2, 0.25) is 0 Å². The molecule has 0 aliphatic carbocycles. The van der Waals surface area contributed by atoms with Crippen molar-refractivity contribution in [3.8, 4) is 0 Å². The topological polar surface area (TPSA) is 0 Å². The van der Waals surface area contributed by atoms with Crippen LogP contribution < -0.4 is 0 Å². The summed E-state index contributed by atoms with van der Waals surface area (Å²) in [6, 6.07) is 30.3. The van der Waals surface area contributed by atoms with Crippen LogP contribution in [-0.4, -0.2) is 0 Å². The molecule has 0 radical (unpaired) electrons. The Morgan fingerprint density at radius 1 is 0.423 bits per heavy atom. The first-order chi connectivity index (χ1) is 12.5. The van der Waals surface area contributed by atoms with Gasteiger partial charge in [-0.1, -0.05) is 113 Å². The van der Waals surface area contributed by atoms with E-state index in [1.807, 2.05) is 0 Å². The Morgan fingerprint density at radius 3 is 1.08 bits per heavy atom. The second-order valence-electron chi connectivity index (χ2n) is 7.52. The summed E-state index contributed by atoms with van der Waals surface area (Å²) < 4.78 is 0. The Hall–Kier alpha value is -2.60. The molecule has 4 rings (SSSR count). The third kappa shape index (κ3) is 4.32. The molecule has 0 unspecified atom stereocenters. The highest BCUT2D eigenvalue weighted by Crippen LogP contribution is 2.24. The first kappa shape index (κ1) is 18.2. The molecule has 4 aromatic rings. The molecule has 0 fully saturated rings. The zero-order chi connectivity index (χ0) is 18.5. The van der Waals surface area contributed by atoms with Crippen LogP contribution in [0.15, 0.2) is 84.9 Å². The largest absolute Gasteiger partial charge is 0.0616 e. The average molecular weight is 341 g/mol. The van der Waals surface area contributed by atoms with E-state index in [0.29, 0.717) is 11.8 Å². The Morgan fingerprint density at radius 2 is 0.769 bits per heavy atom. The number of hydrogen-bond acceptors (Lipinski definition) is 0. The zero-order valence-electron chi connectivity index (χ0n) is 16.2. The van der Waals surface area contributed by atoms with E-state index in [9.17, 15) is 0 Å². The molecule has 132 valence electrons. The average Bonchev–Trinajstić information content (AvgIpc) is 2.67. The third-order valence-electron chi connectivity index (χ3n) is 4.88. The van der Waals surface area contributed by atoms with Gasteiger partial charge in [-0.05, 0) is 44.5 Å². The van der Waals surface area contributed by atoms with E-state index >= 15 is 0 Å². The molecule has 26 heavy (non-hydrogen) atoms. The van der Waals surface area contributed by atoms with Gasteiger partial charge in [0.05, 0.1) is 0 Å². The maximum atomic E-state index is 2.31. The fraction of sp³-hybridized carbons (Fsp3) is 0.231. The van der Waals surface area contributed by atoms with E-state index in [-0.39, 0.29) is 0 Å². The lowest BCUT2D eigenvalue weighted by Crippen LogP contribution is -1.89. The highest BCUT2D eigenvalue weighted by molar-refractivity contribution is 5.84. The lowest BCUT2D eigenvalue weighted by molar-refractivity contribution is 0.865. The fourth-order valence-electron chi connectivity index (χ4n) is 3.13. The van der Waals surface area contributed by atoms with Gasteiger partial charge in [-0.15, -0.1) is 0 Å². The Bertz CT molecular complexity index is 880. The van der Waals surface area contributed by atoms with Crippen LogP contribution >= 0.6 is 0 Å². The van der Waals surface area contributed by atoms with Crippen LogP contribution in [0.25, 0.3) is 21.5 Å². The minimum atomic E-state index is 0.606. The Kier molecular flexibility index (Phi) is 5.73. The summed E-state index contributed by atoms with van der Waals surface area (Å²) >= 11 is 0.